The fourth-order valence-corrected chi connectivity index (χ4v) is 2.43. The van der Waals surface area contributed by atoms with E-state index in [9.17, 15) is 4.39 Å². The normalized spacial score (nSPS) is 16.0. The molecule has 0 radical (unpaired) electrons. The molecule has 0 unspecified atom stereocenters. The molecule has 1 aliphatic rings. The van der Waals surface area contributed by atoms with E-state index in [-0.39, 0.29) is 5.82 Å². The topological polar surface area (TPSA) is 6.48 Å². The van der Waals surface area contributed by atoms with Crippen molar-refractivity contribution in [3.63, 3.8) is 0 Å². The lowest BCUT2D eigenvalue weighted by Crippen LogP contribution is -2.44. The molecule has 0 atom stereocenters. The number of halogens is 1. The minimum absolute atomic E-state index is 0.0166. The van der Waals surface area contributed by atoms with E-state index in [1.54, 1.807) is 0 Å². The van der Waals surface area contributed by atoms with Crippen molar-refractivity contribution in [3.05, 3.63) is 29.1 Å². The Balaban J connectivity index is 0.000000861. The van der Waals surface area contributed by atoms with Gasteiger partial charge < -0.3 is 9.80 Å². The molecule has 1 heterocycles. The lowest BCUT2D eigenvalue weighted by atomic mass is 10.0. The first-order chi connectivity index (χ1) is 9.13. The highest BCUT2D eigenvalue weighted by molar-refractivity contribution is 5.53. The van der Waals surface area contributed by atoms with Crippen molar-refractivity contribution >= 4 is 5.69 Å². The van der Waals surface area contributed by atoms with Gasteiger partial charge in [-0.1, -0.05) is 26.8 Å². The summed E-state index contributed by atoms with van der Waals surface area (Å²) in [7, 11) is 2.11. The molecule has 1 saturated heterocycles. The van der Waals surface area contributed by atoms with Gasteiger partial charge in [-0.05, 0) is 37.6 Å². The van der Waals surface area contributed by atoms with E-state index in [1.165, 1.54) is 0 Å². The highest BCUT2D eigenvalue weighted by Gasteiger charge is 2.19. The summed E-state index contributed by atoms with van der Waals surface area (Å²) >= 11 is 0. The standard InChI is InChI=1S/C14H21FN2.C2H6/c1-4-12-11(2)5-6-13(14(12)15)17-9-7-16(3)8-10-17;1-2/h5-6H,4,7-10H2,1-3H3;1-2H3. The van der Waals surface area contributed by atoms with E-state index >= 15 is 0 Å². The van der Waals surface area contributed by atoms with Crippen LogP contribution < -0.4 is 4.90 Å². The second kappa shape index (κ2) is 7.49. The summed E-state index contributed by atoms with van der Waals surface area (Å²) in [6, 6.07) is 3.96. The van der Waals surface area contributed by atoms with Gasteiger partial charge in [0.2, 0.25) is 0 Å². The van der Waals surface area contributed by atoms with Crippen molar-refractivity contribution < 1.29 is 4.39 Å². The third-order valence-electron chi connectivity index (χ3n) is 3.65. The van der Waals surface area contributed by atoms with Crippen LogP contribution in [0.15, 0.2) is 12.1 Å². The third kappa shape index (κ3) is 3.69. The molecular formula is C16H27FN2. The van der Waals surface area contributed by atoms with E-state index in [0.717, 1.165) is 49.4 Å². The van der Waals surface area contributed by atoms with Gasteiger partial charge in [0.15, 0.2) is 0 Å². The van der Waals surface area contributed by atoms with Crippen LogP contribution in [-0.2, 0) is 6.42 Å². The van der Waals surface area contributed by atoms with Gasteiger partial charge >= 0.3 is 0 Å². The quantitative estimate of drug-likeness (QED) is 0.808. The van der Waals surface area contributed by atoms with Gasteiger partial charge in [-0.2, -0.15) is 0 Å². The summed E-state index contributed by atoms with van der Waals surface area (Å²) < 4.78 is 14.4. The van der Waals surface area contributed by atoms with Gasteiger partial charge in [0, 0.05) is 26.2 Å². The molecule has 1 aromatic carbocycles. The molecule has 2 nitrogen and oxygen atoms in total. The zero-order valence-corrected chi connectivity index (χ0v) is 13.0. The van der Waals surface area contributed by atoms with Crippen LogP contribution in [0.5, 0.6) is 0 Å². The second-order valence-electron chi connectivity index (χ2n) is 4.84. The van der Waals surface area contributed by atoms with E-state index in [0.29, 0.717) is 0 Å². The van der Waals surface area contributed by atoms with Crippen molar-refractivity contribution in [3.8, 4) is 0 Å². The Morgan fingerprint density at radius 2 is 1.68 bits per heavy atom. The SMILES string of the molecule is CC.CCc1c(C)ccc(N2CCN(C)CC2)c1F. The zero-order chi connectivity index (χ0) is 14.4. The summed E-state index contributed by atoms with van der Waals surface area (Å²) in [4.78, 5) is 4.44. The molecule has 0 bridgehead atoms. The first-order valence-corrected chi connectivity index (χ1v) is 7.35. The molecule has 108 valence electrons. The molecule has 1 fully saturated rings. The molecule has 19 heavy (non-hydrogen) atoms. The summed E-state index contributed by atoms with van der Waals surface area (Å²) in [6.07, 6.45) is 0.763. The van der Waals surface area contributed by atoms with Crippen molar-refractivity contribution in [2.24, 2.45) is 0 Å². The fraction of sp³-hybridized carbons (Fsp3) is 0.625. The van der Waals surface area contributed by atoms with E-state index < -0.39 is 0 Å². The average Bonchev–Trinajstić information content (AvgIpc) is 2.43. The Hall–Kier alpha value is -1.09. The lowest BCUT2D eigenvalue weighted by Gasteiger charge is -2.34. The van der Waals surface area contributed by atoms with Crippen molar-refractivity contribution in [2.45, 2.75) is 34.1 Å². The molecule has 0 amide bonds. The van der Waals surface area contributed by atoms with E-state index in [4.69, 9.17) is 0 Å². The smallest absolute Gasteiger partial charge is 0.149 e. The van der Waals surface area contributed by atoms with E-state index in [2.05, 4.69) is 16.8 Å². The van der Waals surface area contributed by atoms with Crippen LogP contribution in [0.1, 0.15) is 31.9 Å². The fourth-order valence-electron chi connectivity index (χ4n) is 2.43. The van der Waals surface area contributed by atoms with Crippen molar-refractivity contribution in [1.29, 1.82) is 0 Å². The number of likely N-dealkylation sites (N-methyl/N-ethyl adjacent to an activating group) is 1. The second-order valence-corrected chi connectivity index (χ2v) is 4.84. The Labute approximate surface area is 117 Å². The van der Waals surface area contributed by atoms with Crippen LogP contribution in [0.3, 0.4) is 0 Å². The molecule has 3 heteroatoms. The van der Waals surface area contributed by atoms with Crippen molar-refractivity contribution in [2.75, 3.05) is 38.1 Å². The average molecular weight is 266 g/mol. The first-order valence-electron chi connectivity index (χ1n) is 7.35. The number of nitrogens with zero attached hydrogens (tertiary/aromatic N) is 2. The molecule has 1 aliphatic heterocycles. The number of anilines is 1. The number of rotatable bonds is 2. The molecule has 0 saturated carbocycles. The number of hydrogen-bond donors (Lipinski definition) is 0. The van der Waals surface area contributed by atoms with Gasteiger partial charge in [0.05, 0.1) is 5.69 Å². The zero-order valence-electron chi connectivity index (χ0n) is 13.0. The first kappa shape index (κ1) is 16.0. The number of benzene rings is 1. The number of piperazine rings is 1. The van der Waals surface area contributed by atoms with Gasteiger partial charge in [-0.25, -0.2) is 4.39 Å². The van der Waals surface area contributed by atoms with E-state index in [1.807, 2.05) is 39.8 Å². The summed E-state index contributed by atoms with van der Waals surface area (Å²) in [5, 5.41) is 0. The minimum Gasteiger partial charge on any atom is -0.367 e. The third-order valence-corrected chi connectivity index (χ3v) is 3.65. The monoisotopic (exact) mass is 266 g/mol. The maximum absolute atomic E-state index is 14.4. The Kier molecular flexibility index (Phi) is 6.29. The van der Waals surface area contributed by atoms with Gasteiger partial charge in [-0.15, -0.1) is 0 Å². The lowest BCUT2D eigenvalue weighted by molar-refractivity contribution is 0.311. The predicted octanol–water partition coefficient (Wildman–Crippen LogP) is 3.47. The summed E-state index contributed by atoms with van der Waals surface area (Å²) in [5.74, 6) is -0.0166. The van der Waals surface area contributed by atoms with Crippen molar-refractivity contribution in [1.82, 2.24) is 4.90 Å². The summed E-state index contributed by atoms with van der Waals surface area (Å²) in [6.45, 7) is 11.8. The highest BCUT2D eigenvalue weighted by atomic mass is 19.1. The molecular weight excluding hydrogens is 239 g/mol. The molecule has 0 spiro atoms. The van der Waals surface area contributed by atoms with Crippen LogP contribution >= 0.6 is 0 Å². The van der Waals surface area contributed by atoms with Crippen LogP contribution in [0.4, 0.5) is 10.1 Å². The van der Waals surface area contributed by atoms with Crippen LogP contribution in [0.25, 0.3) is 0 Å². The largest absolute Gasteiger partial charge is 0.367 e. The highest BCUT2D eigenvalue weighted by Crippen LogP contribution is 2.26. The predicted molar refractivity (Wildman–Crippen MR) is 81.6 cm³/mol. The maximum atomic E-state index is 14.4. The Morgan fingerprint density at radius 3 is 2.21 bits per heavy atom. The number of hydrogen-bond acceptors (Lipinski definition) is 2. The molecule has 0 aromatic heterocycles. The molecule has 0 aliphatic carbocycles. The summed E-state index contributed by atoms with van der Waals surface area (Å²) in [5.41, 5.74) is 2.70. The van der Waals surface area contributed by atoms with Gasteiger partial charge in [0.1, 0.15) is 5.82 Å². The minimum atomic E-state index is -0.0166. The molecule has 1 aromatic rings. The van der Waals surface area contributed by atoms with Gasteiger partial charge in [-0.3, -0.25) is 0 Å². The molecule has 0 N–H and O–H groups in total. The van der Waals surface area contributed by atoms with Crippen LogP contribution in [0, 0.1) is 12.7 Å². The number of aryl methyl sites for hydroxylation is 1. The maximum Gasteiger partial charge on any atom is 0.149 e. The van der Waals surface area contributed by atoms with Crippen LogP contribution in [0.2, 0.25) is 0 Å². The van der Waals surface area contributed by atoms with Crippen LogP contribution in [-0.4, -0.2) is 38.1 Å². The Morgan fingerprint density at radius 1 is 1.11 bits per heavy atom. The Bertz CT molecular complexity index is 396. The van der Waals surface area contributed by atoms with Gasteiger partial charge in [0.25, 0.3) is 0 Å². The molecule has 2 rings (SSSR count).